The Hall–Kier alpha value is -0.300. The van der Waals surface area contributed by atoms with Crippen LogP contribution in [0.4, 0.5) is 0 Å². The third kappa shape index (κ3) is 3.16. The smallest absolute Gasteiger partial charge is 0.282 e. The number of hydrogen-bond donors (Lipinski definition) is 0. The van der Waals surface area contributed by atoms with Crippen LogP contribution in [0.3, 0.4) is 0 Å². The maximum atomic E-state index is 12.2. The summed E-state index contributed by atoms with van der Waals surface area (Å²) < 4.78 is 25.9. The fourth-order valence-corrected chi connectivity index (χ4v) is 4.08. The molecule has 0 heterocycles. The predicted molar refractivity (Wildman–Crippen MR) is 88.9 cm³/mol. The van der Waals surface area contributed by atoms with Gasteiger partial charge in [-0.1, -0.05) is 64.6 Å². The van der Waals surface area contributed by atoms with E-state index in [2.05, 4.69) is 4.40 Å². The van der Waals surface area contributed by atoms with Crippen LogP contribution in [0.25, 0.3) is 0 Å². The van der Waals surface area contributed by atoms with Crippen molar-refractivity contribution in [2.45, 2.75) is 14.6 Å². The van der Waals surface area contributed by atoms with Crippen molar-refractivity contribution in [2.75, 3.05) is 0 Å². The van der Waals surface area contributed by atoms with E-state index in [1.807, 2.05) is 0 Å². The van der Waals surface area contributed by atoms with E-state index in [0.717, 1.165) is 0 Å². The van der Waals surface area contributed by atoms with Crippen LogP contribution in [-0.2, 0) is 14.8 Å². The molecule has 118 valence electrons. The lowest BCUT2D eigenvalue weighted by molar-refractivity contribution is -0.115. The summed E-state index contributed by atoms with van der Waals surface area (Å²) in [5, 5.41) is -2.40. The van der Waals surface area contributed by atoms with Crippen LogP contribution in [0.5, 0.6) is 0 Å². The third-order valence-corrected chi connectivity index (χ3v) is 6.42. The summed E-state index contributed by atoms with van der Waals surface area (Å²) in [6, 6.07) is 7.36. The Balaban J connectivity index is 2.63. The number of halogens is 5. The normalized spacial score (nSPS) is 24.0. The zero-order chi connectivity index (χ0) is 16.7. The zero-order valence-corrected chi connectivity index (χ0v) is 15.0. The quantitative estimate of drug-likeness (QED) is 0.681. The monoisotopic (exact) mass is 419 g/mol. The first-order chi connectivity index (χ1) is 10.1. The van der Waals surface area contributed by atoms with Gasteiger partial charge in [-0.15, -0.1) is 11.6 Å². The minimum absolute atomic E-state index is 0.0846. The second-order valence-electron chi connectivity index (χ2n) is 4.21. The highest BCUT2D eigenvalue weighted by molar-refractivity contribution is 7.90. The summed E-state index contributed by atoms with van der Waals surface area (Å²) >= 11 is 29.2. The maximum absolute atomic E-state index is 12.2. The summed E-state index contributed by atoms with van der Waals surface area (Å²) in [4.78, 5) is 11.7. The van der Waals surface area contributed by atoms with Crippen molar-refractivity contribution in [2.24, 2.45) is 4.40 Å². The Morgan fingerprint density at radius 1 is 1.05 bits per heavy atom. The molecule has 1 aliphatic rings. The van der Waals surface area contributed by atoms with Gasteiger partial charge in [0.15, 0.2) is 0 Å². The Morgan fingerprint density at radius 2 is 1.59 bits per heavy atom. The first-order valence-electron chi connectivity index (χ1n) is 5.61. The van der Waals surface area contributed by atoms with Crippen LogP contribution in [0.1, 0.15) is 0 Å². The molecular formula is C12H6Cl5NO3S. The summed E-state index contributed by atoms with van der Waals surface area (Å²) in [6.45, 7) is 0. The minimum Gasteiger partial charge on any atom is -0.290 e. The molecule has 0 saturated carbocycles. The molecule has 0 unspecified atom stereocenters. The molecule has 0 aromatic heterocycles. The minimum atomic E-state index is -4.12. The molecule has 0 saturated heterocycles. The number of Topliss-reactive ketones (excluding diaryl/α,β-unsaturated/α-hetero) is 1. The Morgan fingerprint density at radius 3 is 2.14 bits per heavy atom. The molecule has 0 amide bonds. The number of carbonyl (C=O) groups excluding carboxylic acids is 1. The van der Waals surface area contributed by atoms with Crippen LogP contribution >= 0.6 is 58.0 Å². The Labute approximate surface area is 151 Å². The van der Waals surface area contributed by atoms with Crippen molar-refractivity contribution in [3.8, 4) is 0 Å². The fourth-order valence-electron chi connectivity index (χ4n) is 1.62. The highest BCUT2D eigenvalue weighted by atomic mass is 35.5. The molecule has 0 aliphatic heterocycles. The van der Waals surface area contributed by atoms with Gasteiger partial charge in [0.05, 0.1) is 15.6 Å². The molecule has 2 rings (SSSR count). The summed E-state index contributed by atoms with van der Waals surface area (Å²) in [5.74, 6) is -0.918. The number of allylic oxidation sites excluding steroid dienone is 2. The number of hydrogen-bond acceptors (Lipinski definition) is 3. The summed E-state index contributed by atoms with van der Waals surface area (Å²) in [7, 11) is -4.12. The molecule has 1 aliphatic carbocycles. The van der Waals surface area contributed by atoms with Crippen molar-refractivity contribution in [1.82, 2.24) is 0 Å². The second kappa shape index (κ2) is 6.30. The fraction of sp³-hybridized carbons (Fsp3) is 0.167. The maximum Gasteiger partial charge on any atom is 0.282 e. The summed E-state index contributed by atoms with van der Waals surface area (Å²) in [5.41, 5.74) is -0.387. The average Bonchev–Trinajstić information content (AvgIpc) is 2.49. The molecule has 1 aromatic carbocycles. The van der Waals surface area contributed by atoms with Crippen LogP contribution < -0.4 is 0 Å². The Bertz CT molecular complexity index is 786. The van der Waals surface area contributed by atoms with Gasteiger partial charge in [0.2, 0.25) is 10.1 Å². The number of ketones is 1. The van der Waals surface area contributed by atoms with Crippen LogP contribution in [0.2, 0.25) is 0 Å². The van der Waals surface area contributed by atoms with E-state index in [-0.39, 0.29) is 10.6 Å². The standard InChI is InChI=1S/C12H6Cl5NO3S/c13-7-8(14)11(19)12(16,17)10(15)9(7)18-22(20,21)6-4-2-1-3-5-6/h1-5,10H/t10-/m1/s1. The summed E-state index contributed by atoms with van der Waals surface area (Å²) in [6.07, 6.45) is 0. The van der Waals surface area contributed by atoms with Gasteiger partial charge in [-0.25, -0.2) is 0 Å². The number of nitrogens with zero attached hydrogens (tertiary/aromatic N) is 1. The SMILES string of the molecule is O=C1C(Cl)=C(Cl)C(=NS(=O)(=O)c2ccccc2)[C@@H](Cl)C1(Cl)Cl. The molecule has 10 heteroatoms. The molecule has 0 spiro atoms. The van der Waals surface area contributed by atoms with Crippen molar-refractivity contribution >= 4 is 79.5 Å². The first-order valence-corrected chi connectivity index (χ1v) is 9.00. The van der Waals surface area contributed by atoms with E-state index >= 15 is 0 Å². The number of rotatable bonds is 2. The lowest BCUT2D eigenvalue weighted by Gasteiger charge is -2.29. The van der Waals surface area contributed by atoms with Crippen molar-refractivity contribution in [1.29, 1.82) is 0 Å². The number of alkyl halides is 3. The van der Waals surface area contributed by atoms with E-state index < -0.39 is 35.6 Å². The Kier molecular flexibility index (Phi) is 5.17. The molecule has 1 atom stereocenters. The van der Waals surface area contributed by atoms with Crippen LogP contribution in [0, 0.1) is 0 Å². The lowest BCUT2D eigenvalue weighted by atomic mass is 10.0. The van der Waals surface area contributed by atoms with Gasteiger partial charge in [0.25, 0.3) is 10.0 Å². The van der Waals surface area contributed by atoms with Crippen LogP contribution in [0.15, 0.2) is 49.7 Å². The molecule has 0 radical (unpaired) electrons. The molecular weight excluding hydrogens is 415 g/mol. The van der Waals surface area contributed by atoms with E-state index in [1.54, 1.807) is 6.07 Å². The molecule has 0 fully saturated rings. The van der Waals surface area contributed by atoms with Gasteiger partial charge < -0.3 is 0 Å². The van der Waals surface area contributed by atoms with Crippen molar-refractivity contribution in [3.05, 3.63) is 40.4 Å². The topological polar surface area (TPSA) is 63.6 Å². The lowest BCUT2D eigenvalue weighted by Crippen LogP contribution is -2.45. The first kappa shape index (κ1) is 18.0. The van der Waals surface area contributed by atoms with Crippen molar-refractivity contribution in [3.63, 3.8) is 0 Å². The number of carbonyl (C=O) groups is 1. The van der Waals surface area contributed by atoms with Gasteiger partial charge in [-0.3, -0.25) is 4.79 Å². The molecule has 1 aromatic rings. The predicted octanol–water partition coefficient (Wildman–Crippen LogP) is 3.87. The van der Waals surface area contributed by atoms with E-state index in [1.165, 1.54) is 24.3 Å². The van der Waals surface area contributed by atoms with Gasteiger partial charge in [0.1, 0.15) is 10.4 Å². The molecule has 4 nitrogen and oxygen atoms in total. The van der Waals surface area contributed by atoms with E-state index in [4.69, 9.17) is 58.0 Å². The van der Waals surface area contributed by atoms with Gasteiger partial charge in [0, 0.05) is 0 Å². The average molecular weight is 422 g/mol. The molecule has 22 heavy (non-hydrogen) atoms. The highest BCUT2D eigenvalue weighted by Gasteiger charge is 2.51. The third-order valence-electron chi connectivity index (χ3n) is 2.74. The largest absolute Gasteiger partial charge is 0.290 e. The zero-order valence-electron chi connectivity index (χ0n) is 10.4. The second-order valence-corrected chi connectivity index (χ2v) is 8.39. The van der Waals surface area contributed by atoms with Crippen molar-refractivity contribution < 1.29 is 13.2 Å². The highest BCUT2D eigenvalue weighted by Crippen LogP contribution is 2.42. The molecule has 0 N–H and O–H groups in total. The molecule has 0 bridgehead atoms. The van der Waals surface area contributed by atoms with Gasteiger partial charge in [-0.05, 0) is 12.1 Å². The number of benzene rings is 1. The van der Waals surface area contributed by atoms with Gasteiger partial charge >= 0.3 is 0 Å². The van der Waals surface area contributed by atoms with E-state index in [9.17, 15) is 13.2 Å². The number of sulfonamides is 1. The van der Waals surface area contributed by atoms with Gasteiger partial charge in [-0.2, -0.15) is 12.8 Å². The van der Waals surface area contributed by atoms with E-state index in [0.29, 0.717) is 0 Å². The van der Waals surface area contributed by atoms with Crippen LogP contribution in [-0.4, -0.2) is 29.6 Å².